The normalized spacial score (nSPS) is 18.2. The number of amides is 1. The van der Waals surface area contributed by atoms with Crippen LogP contribution in [-0.2, 0) is 13.1 Å². The summed E-state index contributed by atoms with van der Waals surface area (Å²) in [6.45, 7) is 3.07. The van der Waals surface area contributed by atoms with Gasteiger partial charge in [-0.15, -0.1) is 11.3 Å². The number of likely N-dealkylation sites (tertiary alicyclic amines) is 1. The van der Waals surface area contributed by atoms with E-state index in [0.717, 1.165) is 24.5 Å². The number of hydrogen-bond acceptors (Lipinski definition) is 5. The molecule has 1 aromatic carbocycles. The van der Waals surface area contributed by atoms with Crippen molar-refractivity contribution in [1.29, 1.82) is 0 Å². The van der Waals surface area contributed by atoms with Crippen LogP contribution in [0, 0.1) is 0 Å². The van der Waals surface area contributed by atoms with Gasteiger partial charge in [0.1, 0.15) is 10.7 Å². The van der Waals surface area contributed by atoms with Crippen LogP contribution in [-0.4, -0.2) is 34.9 Å². The second-order valence-electron chi connectivity index (χ2n) is 5.79. The molecule has 0 aliphatic carbocycles. The Morgan fingerprint density at radius 2 is 2.22 bits per heavy atom. The van der Waals surface area contributed by atoms with E-state index < -0.39 is 0 Å². The Labute approximate surface area is 140 Å². The first kappa shape index (κ1) is 16.1. The number of benzene rings is 1. The first-order chi connectivity index (χ1) is 11.3. The summed E-state index contributed by atoms with van der Waals surface area (Å²) < 4.78 is 0. The van der Waals surface area contributed by atoms with Crippen LogP contribution in [0.25, 0.3) is 0 Å². The quantitative estimate of drug-likeness (QED) is 0.850. The first-order valence-electron chi connectivity index (χ1n) is 7.97. The van der Waals surface area contributed by atoms with Gasteiger partial charge in [0, 0.05) is 31.1 Å². The van der Waals surface area contributed by atoms with Crippen LogP contribution < -0.4 is 11.1 Å². The van der Waals surface area contributed by atoms with Crippen LogP contribution in [0.3, 0.4) is 0 Å². The van der Waals surface area contributed by atoms with Crippen LogP contribution in [0.1, 0.15) is 33.9 Å². The van der Waals surface area contributed by atoms with Crippen molar-refractivity contribution < 1.29 is 4.79 Å². The summed E-state index contributed by atoms with van der Waals surface area (Å²) in [6.07, 6.45) is 2.31. The van der Waals surface area contributed by atoms with E-state index in [9.17, 15) is 4.79 Å². The highest BCUT2D eigenvalue weighted by atomic mass is 32.1. The molecular formula is C17H22N4OS. The predicted molar refractivity (Wildman–Crippen MR) is 92.2 cm³/mol. The van der Waals surface area contributed by atoms with Gasteiger partial charge in [-0.3, -0.25) is 9.69 Å². The fraction of sp³-hybridized carbons (Fsp3) is 0.412. The Bertz CT molecular complexity index is 643. The van der Waals surface area contributed by atoms with Crippen molar-refractivity contribution in [3.05, 3.63) is 52.0 Å². The van der Waals surface area contributed by atoms with Crippen molar-refractivity contribution >= 4 is 17.2 Å². The first-order valence-corrected chi connectivity index (χ1v) is 8.85. The molecule has 1 aliphatic rings. The lowest BCUT2D eigenvalue weighted by Crippen LogP contribution is -2.39. The van der Waals surface area contributed by atoms with E-state index in [4.69, 9.17) is 5.73 Å². The Morgan fingerprint density at radius 3 is 2.96 bits per heavy atom. The average Bonchev–Trinajstić information content (AvgIpc) is 3.23. The monoisotopic (exact) mass is 330 g/mol. The summed E-state index contributed by atoms with van der Waals surface area (Å²) in [7, 11) is 0. The molecular weight excluding hydrogens is 308 g/mol. The number of thiazole rings is 1. The molecule has 2 aromatic rings. The molecule has 3 N–H and O–H groups in total. The highest BCUT2D eigenvalue weighted by Crippen LogP contribution is 2.19. The van der Waals surface area contributed by atoms with Crippen molar-refractivity contribution in [3.63, 3.8) is 0 Å². The van der Waals surface area contributed by atoms with Crippen molar-refractivity contribution in [2.24, 2.45) is 5.73 Å². The summed E-state index contributed by atoms with van der Waals surface area (Å²) >= 11 is 1.43. The molecule has 23 heavy (non-hydrogen) atoms. The Balaban J connectivity index is 1.53. The largest absolute Gasteiger partial charge is 0.349 e. The third-order valence-corrected chi connectivity index (χ3v) is 5.06. The molecule has 122 valence electrons. The second-order valence-corrected chi connectivity index (χ2v) is 6.74. The molecule has 2 heterocycles. The number of nitrogens with two attached hydrogens (primary N) is 1. The van der Waals surface area contributed by atoms with Crippen LogP contribution in [0.15, 0.2) is 35.7 Å². The average molecular weight is 330 g/mol. The molecule has 0 bridgehead atoms. The van der Waals surface area contributed by atoms with Crippen molar-refractivity contribution in [2.75, 3.05) is 13.1 Å². The highest BCUT2D eigenvalue weighted by molar-refractivity contribution is 7.09. The van der Waals surface area contributed by atoms with Gasteiger partial charge in [0.15, 0.2) is 0 Å². The number of carbonyl (C=O) groups is 1. The van der Waals surface area contributed by atoms with Gasteiger partial charge in [0.25, 0.3) is 5.91 Å². The Kier molecular flexibility index (Phi) is 5.38. The number of aromatic nitrogens is 1. The molecule has 1 saturated heterocycles. The van der Waals surface area contributed by atoms with Gasteiger partial charge >= 0.3 is 0 Å². The van der Waals surface area contributed by atoms with Gasteiger partial charge in [-0.25, -0.2) is 4.98 Å². The molecule has 1 amide bonds. The number of nitrogens with zero attached hydrogens (tertiary/aromatic N) is 2. The molecule has 1 aromatic heterocycles. The maximum atomic E-state index is 12.2. The number of nitrogens with one attached hydrogen (secondary N) is 1. The SMILES string of the molecule is NCc1nc(C(=O)NCC2CCCN2Cc2ccccc2)cs1. The maximum absolute atomic E-state index is 12.2. The lowest BCUT2D eigenvalue weighted by atomic mass is 10.2. The van der Waals surface area contributed by atoms with Gasteiger partial charge in [-0.05, 0) is 24.9 Å². The van der Waals surface area contributed by atoms with Gasteiger partial charge in [-0.1, -0.05) is 30.3 Å². The molecule has 1 fully saturated rings. The number of hydrogen-bond donors (Lipinski definition) is 2. The highest BCUT2D eigenvalue weighted by Gasteiger charge is 2.25. The molecule has 1 unspecified atom stereocenters. The standard InChI is InChI=1S/C17H22N4OS/c18-9-16-20-15(12-23-16)17(22)19-10-14-7-4-8-21(14)11-13-5-2-1-3-6-13/h1-3,5-6,12,14H,4,7-11,18H2,(H,19,22). The molecule has 0 saturated carbocycles. The van der Waals surface area contributed by atoms with Crippen LogP contribution in [0.5, 0.6) is 0 Å². The van der Waals surface area contributed by atoms with Gasteiger partial charge in [0.05, 0.1) is 0 Å². The summed E-state index contributed by atoms with van der Waals surface area (Å²) in [5.41, 5.74) is 7.33. The third kappa shape index (κ3) is 4.16. The van der Waals surface area contributed by atoms with E-state index in [-0.39, 0.29) is 5.91 Å². The zero-order chi connectivity index (χ0) is 16.1. The molecule has 3 rings (SSSR count). The van der Waals surface area contributed by atoms with Crippen LogP contribution >= 0.6 is 11.3 Å². The summed E-state index contributed by atoms with van der Waals surface area (Å²) in [5, 5.41) is 5.58. The Morgan fingerprint density at radius 1 is 1.39 bits per heavy atom. The van der Waals surface area contributed by atoms with E-state index >= 15 is 0 Å². The van der Waals surface area contributed by atoms with Crippen molar-refractivity contribution in [2.45, 2.75) is 32.0 Å². The molecule has 1 aliphatic heterocycles. The minimum atomic E-state index is -0.104. The zero-order valence-electron chi connectivity index (χ0n) is 13.1. The lowest BCUT2D eigenvalue weighted by Gasteiger charge is -2.24. The topological polar surface area (TPSA) is 71.2 Å². The molecule has 1 atom stereocenters. The van der Waals surface area contributed by atoms with Gasteiger partial charge in [0.2, 0.25) is 0 Å². The maximum Gasteiger partial charge on any atom is 0.270 e. The molecule has 0 radical (unpaired) electrons. The van der Waals surface area contributed by atoms with E-state index in [1.807, 2.05) is 6.07 Å². The number of carbonyl (C=O) groups excluding carboxylic acids is 1. The van der Waals surface area contributed by atoms with Crippen molar-refractivity contribution in [1.82, 2.24) is 15.2 Å². The fourth-order valence-corrected chi connectivity index (χ4v) is 3.62. The molecule has 0 spiro atoms. The summed E-state index contributed by atoms with van der Waals surface area (Å²) in [4.78, 5) is 18.8. The van der Waals surface area contributed by atoms with Gasteiger partial charge in [-0.2, -0.15) is 0 Å². The van der Waals surface area contributed by atoms with Crippen LogP contribution in [0.4, 0.5) is 0 Å². The van der Waals surface area contributed by atoms with Gasteiger partial charge < -0.3 is 11.1 Å². The van der Waals surface area contributed by atoms with E-state index in [1.165, 1.54) is 23.3 Å². The Hall–Kier alpha value is -1.76. The smallest absolute Gasteiger partial charge is 0.270 e. The lowest BCUT2D eigenvalue weighted by molar-refractivity contribution is 0.0935. The zero-order valence-corrected chi connectivity index (χ0v) is 13.9. The molecule has 6 heteroatoms. The van der Waals surface area contributed by atoms with E-state index in [1.54, 1.807) is 5.38 Å². The third-order valence-electron chi connectivity index (χ3n) is 4.18. The molecule has 5 nitrogen and oxygen atoms in total. The second kappa shape index (κ2) is 7.68. The predicted octanol–water partition coefficient (Wildman–Crippen LogP) is 2.00. The summed E-state index contributed by atoms with van der Waals surface area (Å²) in [5.74, 6) is -0.104. The minimum absolute atomic E-state index is 0.104. The van der Waals surface area contributed by atoms with Crippen molar-refractivity contribution in [3.8, 4) is 0 Å². The summed E-state index contributed by atoms with van der Waals surface area (Å²) in [6, 6.07) is 10.9. The number of rotatable bonds is 6. The fourth-order valence-electron chi connectivity index (χ4n) is 2.96. The van der Waals surface area contributed by atoms with E-state index in [0.29, 0.717) is 24.8 Å². The van der Waals surface area contributed by atoms with Crippen LogP contribution in [0.2, 0.25) is 0 Å². The van der Waals surface area contributed by atoms with E-state index in [2.05, 4.69) is 39.5 Å². The minimum Gasteiger partial charge on any atom is -0.349 e.